The Bertz CT molecular complexity index is 2360. The van der Waals surface area contributed by atoms with Crippen LogP contribution < -0.4 is 41.0 Å². The van der Waals surface area contributed by atoms with Gasteiger partial charge in [-0.05, 0) is 48.2 Å². The molecule has 11 atom stereocenters. The van der Waals surface area contributed by atoms with Gasteiger partial charge in [0.1, 0.15) is 41.3 Å². The number of nitrogens with one attached hydrogen (secondary N) is 2. The van der Waals surface area contributed by atoms with Crippen LogP contribution in [0.15, 0.2) is 91.0 Å². The lowest BCUT2D eigenvalue weighted by Gasteiger charge is -2.40. The molecule has 4 aliphatic rings. The molecule has 2 saturated heterocycles. The third-order valence-electron chi connectivity index (χ3n) is 12.5. The van der Waals surface area contributed by atoms with Gasteiger partial charge in [0.25, 0.3) is 6.29 Å². The molecule has 8 N–H and O–H groups in total. The van der Waals surface area contributed by atoms with Gasteiger partial charge in [0.05, 0.1) is 52.1 Å². The Labute approximate surface area is 380 Å². The predicted molar refractivity (Wildman–Crippen MR) is 232 cm³/mol. The summed E-state index contributed by atoms with van der Waals surface area (Å²) in [5.74, 6) is -2.44. The van der Waals surface area contributed by atoms with Crippen molar-refractivity contribution in [2.75, 3.05) is 53.5 Å². The van der Waals surface area contributed by atoms with Crippen molar-refractivity contribution in [3.63, 3.8) is 0 Å². The molecule has 0 radical (unpaired) electrons. The number of primary amides is 1. The van der Waals surface area contributed by atoms with E-state index in [9.17, 15) is 24.6 Å². The fourth-order valence-electron chi connectivity index (χ4n) is 9.40. The number of ether oxygens (including phenoxy) is 10. The summed E-state index contributed by atoms with van der Waals surface area (Å²) >= 11 is 0. The molecule has 0 aromatic heterocycles. The topological polar surface area (TPSA) is 260 Å². The molecule has 4 aromatic rings. The van der Waals surface area contributed by atoms with E-state index in [1.165, 1.54) is 34.5 Å². The fourth-order valence-corrected chi connectivity index (χ4v) is 9.40. The van der Waals surface area contributed by atoms with Crippen molar-refractivity contribution in [1.29, 1.82) is 0 Å². The quantitative estimate of drug-likeness (QED) is 0.0697. The van der Waals surface area contributed by atoms with E-state index in [1.54, 1.807) is 78.9 Å². The zero-order chi connectivity index (χ0) is 46.8. The highest BCUT2D eigenvalue weighted by atomic mass is 16.8. The summed E-state index contributed by atoms with van der Waals surface area (Å²) in [7, 11) is 5.62. The Morgan fingerprint density at radius 3 is 2.23 bits per heavy atom. The standard InChI is InChI=1S/C47H54N4O15/c1-57-29-18-14-27(15-19-29)47-37(25-9-6-5-7-10-25)36(41(54)59-3)39(52)46(47,56)38-32(58-2)21-30(22-33(38)66-47)63-44-43(60-4)62-24-35(65-44)34-23-61-42(64-34)26-12-16-28(17-13-26)51-40(53)31(48)11-8-20-50-45(49)55/h5-7,9-10,12-19,21-22,31,34-37,39,42-44,52,56H,8,11,20,23-24,48H2,1-4H3,(H,51,53)(H3,49,50,55)/t31-,34+,35+,36+,37+,39+,42?,43+,44?,46-,47-/m0/s1. The first-order valence-electron chi connectivity index (χ1n) is 21.4. The van der Waals surface area contributed by atoms with Crippen LogP contribution in [-0.2, 0) is 49.2 Å². The third kappa shape index (κ3) is 8.48. The van der Waals surface area contributed by atoms with Crippen LogP contribution in [0, 0.1) is 5.92 Å². The van der Waals surface area contributed by atoms with Gasteiger partial charge in [-0.3, -0.25) is 9.59 Å². The van der Waals surface area contributed by atoms with E-state index in [1.807, 2.05) is 6.07 Å². The van der Waals surface area contributed by atoms with E-state index in [0.29, 0.717) is 47.5 Å². The summed E-state index contributed by atoms with van der Waals surface area (Å²) in [6, 6.07) is 24.5. The highest BCUT2D eigenvalue weighted by molar-refractivity contribution is 5.94. The van der Waals surface area contributed by atoms with E-state index in [0.717, 1.165) is 0 Å². The normalized spacial score (nSPS) is 29.1. The Morgan fingerprint density at radius 1 is 0.848 bits per heavy atom. The van der Waals surface area contributed by atoms with Gasteiger partial charge in [0.15, 0.2) is 17.5 Å². The zero-order valence-corrected chi connectivity index (χ0v) is 36.7. The Kier molecular flexibility index (Phi) is 13.7. The molecular formula is C47H54N4O15. The van der Waals surface area contributed by atoms with Gasteiger partial charge in [0, 0.05) is 43.0 Å². The second-order valence-electron chi connectivity index (χ2n) is 16.3. The van der Waals surface area contributed by atoms with Crippen molar-refractivity contribution in [2.24, 2.45) is 17.4 Å². The van der Waals surface area contributed by atoms with E-state index in [4.69, 9.17) is 58.8 Å². The first-order chi connectivity index (χ1) is 31.9. The largest absolute Gasteiger partial charge is 0.497 e. The van der Waals surface area contributed by atoms with E-state index in [-0.39, 0.29) is 41.9 Å². The number of hydrogen-bond donors (Lipinski definition) is 6. The van der Waals surface area contributed by atoms with Crippen molar-refractivity contribution in [3.8, 4) is 23.0 Å². The fraction of sp³-hybridized carbons (Fsp3) is 0.426. The monoisotopic (exact) mass is 914 g/mol. The van der Waals surface area contributed by atoms with Gasteiger partial charge < -0.3 is 79.7 Å². The minimum atomic E-state index is -2.28. The van der Waals surface area contributed by atoms with Crippen molar-refractivity contribution < 1.29 is 72.0 Å². The maximum Gasteiger partial charge on any atom is 0.312 e. The molecule has 3 fully saturated rings. The second kappa shape index (κ2) is 19.4. The van der Waals surface area contributed by atoms with Crippen LogP contribution in [0.5, 0.6) is 23.0 Å². The zero-order valence-electron chi connectivity index (χ0n) is 36.7. The molecule has 19 heteroatoms. The van der Waals surface area contributed by atoms with Gasteiger partial charge in [-0.1, -0.05) is 54.6 Å². The molecule has 1 aliphatic carbocycles. The summed E-state index contributed by atoms with van der Waals surface area (Å²) in [4.78, 5) is 37.2. The lowest BCUT2D eigenvalue weighted by molar-refractivity contribution is -0.323. The Hall–Kier alpha value is -6.03. The summed E-state index contributed by atoms with van der Waals surface area (Å²) in [6.07, 6.45) is -5.06. The van der Waals surface area contributed by atoms with Crippen LogP contribution in [0.4, 0.5) is 10.5 Å². The van der Waals surface area contributed by atoms with Gasteiger partial charge in [-0.15, -0.1) is 0 Å². The molecule has 2 unspecified atom stereocenters. The number of nitrogens with two attached hydrogens (primary N) is 2. The average molecular weight is 915 g/mol. The Morgan fingerprint density at radius 2 is 1.56 bits per heavy atom. The maximum atomic E-state index is 13.7. The maximum absolute atomic E-state index is 13.7. The number of aliphatic hydroxyl groups is 2. The molecule has 4 aromatic carbocycles. The number of anilines is 1. The molecule has 3 amide bonds. The number of fused-ring (bicyclic) bond motifs is 3. The Balaban J connectivity index is 1.01. The first-order valence-corrected chi connectivity index (χ1v) is 21.4. The van der Waals surface area contributed by atoms with Crippen molar-refractivity contribution in [1.82, 2.24) is 5.32 Å². The van der Waals surface area contributed by atoms with Gasteiger partial charge in [0.2, 0.25) is 12.2 Å². The molecule has 66 heavy (non-hydrogen) atoms. The van der Waals surface area contributed by atoms with E-state index < -0.39 is 78.3 Å². The van der Waals surface area contributed by atoms with Gasteiger partial charge in [-0.2, -0.15) is 0 Å². The van der Waals surface area contributed by atoms with Crippen molar-refractivity contribution in [3.05, 3.63) is 113 Å². The average Bonchev–Trinajstić information content (AvgIpc) is 3.99. The molecule has 3 aliphatic heterocycles. The lowest BCUT2D eigenvalue weighted by atomic mass is 9.70. The number of aliphatic hydroxyl groups excluding tert-OH is 1. The number of methoxy groups -OCH3 is 4. The van der Waals surface area contributed by atoms with Gasteiger partial charge >= 0.3 is 12.0 Å². The molecule has 352 valence electrons. The number of hydrogen-bond acceptors (Lipinski definition) is 16. The summed E-state index contributed by atoms with van der Waals surface area (Å²) in [5.41, 5.74) is 9.37. The minimum absolute atomic E-state index is 0.0804. The number of carbonyl (C=O) groups excluding carboxylic acids is 3. The number of rotatable bonds is 16. The number of urea groups is 1. The molecule has 0 spiro atoms. The SMILES string of the molecule is COC(=O)[C@H]1[C@@H](O)[C@@]2(O)c3c(OC)cc(OC4O[C@@H]([C@H]5COC(c6ccc(NC(=O)[C@@H](N)CCCNC(N)=O)cc6)O5)CO[C@H]4OC)cc3O[C@@]2(c2ccc(OC)cc2)[C@@H]1c1ccccc1. The predicted octanol–water partition coefficient (Wildman–Crippen LogP) is 3.05. The molecule has 1 saturated carbocycles. The summed E-state index contributed by atoms with van der Waals surface area (Å²) < 4.78 is 60.4. The highest BCUT2D eigenvalue weighted by Gasteiger charge is 2.78. The molecule has 8 rings (SSSR count). The smallest absolute Gasteiger partial charge is 0.312 e. The van der Waals surface area contributed by atoms with Gasteiger partial charge in [-0.25, -0.2) is 4.79 Å². The lowest BCUT2D eigenvalue weighted by Crippen LogP contribution is -2.52. The number of carbonyl (C=O) groups is 3. The number of benzene rings is 4. The molecule has 0 bridgehead atoms. The third-order valence-corrected chi connectivity index (χ3v) is 12.5. The molecule has 19 nitrogen and oxygen atoms in total. The number of esters is 1. The summed E-state index contributed by atoms with van der Waals surface area (Å²) in [5, 5.41) is 30.8. The van der Waals surface area contributed by atoms with Crippen molar-refractivity contribution in [2.45, 2.75) is 73.2 Å². The van der Waals surface area contributed by atoms with Crippen LogP contribution in [0.1, 0.15) is 47.3 Å². The number of amides is 3. The van der Waals surface area contributed by atoms with Crippen LogP contribution in [0.3, 0.4) is 0 Å². The second-order valence-corrected chi connectivity index (χ2v) is 16.3. The molecular weight excluding hydrogens is 861 g/mol. The van der Waals surface area contributed by atoms with E-state index >= 15 is 0 Å². The van der Waals surface area contributed by atoms with Crippen LogP contribution in [0.25, 0.3) is 0 Å². The first kappa shape index (κ1) is 46.5. The minimum Gasteiger partial charge on any atom is -0.497 e. The van der Waals surface area contributed by atoms with E-state index in [2.05, 4.69) is 10.6 Å². The van der Waals surface area contributed by atoms with Crippen LogP contribution >= 0.6 is 0 Å². The summed E-state index contributed by atoms with van der Waals surface area (Å²) in [6.45, 7) is 0.553. The van der Waals surface area contributed by atoms with Crippen LogP contribution in [-0.4, -0.2) is 113 Å². The highest BCUT2D eigenvalue weighted by Crippen LogP contribution is 2.70. The van der Waals surface area contributed by atoms with Crippen molar-refractivity contribution >= 4 is 23.6 Å². The molecule has 3 heterocycles. The van der Waals surface area contributed by atoms with Crippen LogP contribution in [0.2, 0.25) is 0 Å².